The molecule has 1 aliphatic rings. The van der Waals surface area contributed by atoms with Gasteiger partial charge in [0.2, 0.25) is 0 Å². The fourth-order valence-corrected chi connectivity index (χ4v) is 4.78. The first-order valence-electron chi connectivity index (χ1n) is 9.91. The molecule has 0 atom stereocenters. The normalized spacial score (nSPS) is 15.4. The molecule has 1 aliphatic heterocycles. The summed E-state index contributed by atoms with van der Waals surface area (Å²) in [7, 11) is -6.29. The molecule has 1 saturated heterocycles. The van der Waals surface area contributed by atoms with Gasteiger partial charge in [-0.05, 0) is 56.0 Å². The molecule has 0 amide bonds. The molecule has 0 bridgehead atoms. The zero-order valence-corrected chi connectivity index (χ0v) is 19.4. The SMILES string of the molecule is CS(=O)(=O)c1ccc(C=CCS(=O)(=O)CCC2CCNCC2)cc1.O=C(O)/C=C\C(=O)O. The quantitative estimate of drug-likeness (QED) is 0.441. The van der Waals surface area contributed by atoms with Crippen LogP contribution in [0.3, 0.4) is 0 Å². The van der Waals surface area contributed by atoms with Crippen LogP contribution < -0.4 is 5.32 Å². The Morgan fingerprint density at radius 1 is 1.00 bits per heavy atom. The van der Waals surface area contributed by atoms with Gasteiger partial charge in [0.15, 0.2) is 19.7 Å². The Labute approximate surface area is 188 Å². The van der Waals surface area contributed by atoms with Crippen LogP contribution in [0.15, 0.2) is 47.4 Å². The summed E-state index contributed by atoms with van der Waals surface area (Å²) in [5.41, 5.74) is 0.788. The smallest absolute Gasteiger partial charge is 0.328 e. The van der Waals surface area contributed by atoms with Gasteiger partial charge in [0, 0.05) is 18.4 Å². The third kappa shape index (κ3) is 12.4. The molecule has 11 heteroatoms. The van der Waals surface area contributed by atoms with Gasteiger partial charge in [-0.1, -0.05) is 24.3 Å². The molecule has 32 heavy (non-hydrogen) atoms. The zero-order valence-electron chi connectivity index (χ0n) is 17.8. The van der Waals surface area contributed by atoms with E-state index in [1.165, 1.54) is 12.1 Å². The number of carboxylic acid groups (broad SMARTS) is 2. The summed E-state index contributed by atoms with van der Waals surface area (Å²) in [4.78, 5) is 19.4. The number of sulfone groups is 2. The number of hydrogen-bond donors (Lipinski definition) is 3. The van der Waals surface area contributed by atoms with Crippen LogP contribution in [0.25, 0.3) is 6.08 Å². The van der Waals surface area contributed by atoms with Crippen molar-refractivity contribution in [3.05, 3.63) is 48.1 Å². The summed E-state index contributed by atoms with van der Waals surface area (Å²) in [6.07, 6.45) is 8.47. The molecule has 3 N–H and O–H groups in total. The fourth-order valence-electron chi connectivity index (χ4n) is 2.90. The van der Waals surface area contributed by atoms with Gasteiger partial charge >= 0.3 is 11.9 Å². The van der Waals surface area contributed by atoms with Crippen molar-refractivity contribution in [1.29, 1.82) is 0 Å². The number of hydrogen-bond acceptors (Lipinski definition) is 7. The zero-order chi connectivity index (χ0) is 24.2. The van der Waals surface area contributed by atoms with Crippen LogP contribution in [-0.4, -0.2) is 69.8 Å². The minimum atomic E-state index is -3.21. The summed E-state index contributed by atoms with van der Waals surface area (Å²) in [5, 5.41) is 18.9. The van der Waals surface area contributed by atoms with Gasteiger partial charge in [0.05, 0.1) is 16.4 Å². The van der Waals surface area contributed by atoms with Crippen LogP contribution in [0.1, 0.15) is 24.8 Å². The van der Waals surface area contributed by atoms with Crippen LogP contribution in [0.2, 0.25) is 0 Å². The molecule has 178 valence electrons. The molecule has 0 radical (unpaired) electrons. The first-order valence-corrected chi connectivity index (χ1v) is 13.6. The summed E-state index contributed by atoms with van der Waals surface area (Å²) in [5.74, 6) is -1.76. The van der Waals surface area contributed by atoms with E-state index in [1.807, 2.05) is 0 Å². The first kappa shape index (κ1) is 27.5. The van der Waals surface area contributed by atoms with Crippen LogP contribution >= 0.6 is 0 Å². The van der Waals surface area contributed by atoms with E-state index >= 15 is 0 Å². The van der Waals surface area contributed by atoms with E-state index in [2.05, 4.69) is 5.32 Å². The van der Waals surface area contributed by atoms with Crippen molar-refractivity contribution >= 4 is 37.7 Å². The van der Waals surface area contributed by atoms with E-state index in [4.69, 9.17) is 10.2 Å². The average molecular weight is 488 g/mol. The van der Waals surface area contributed by atoms with Crippen molar-refractivity contribution in [2.45, 2.75) is 24.2 Å². The van der Waals surface area contributed by atoms with E-state index in [1.54, 1.807) is 24.3 Å². The molecule has 1 heterocycles. The van der Waals surface area contributed by atoms with Crippen molar-refractivity contribution in [3.63, 3.8) is 0 Å². The van der Waals surface area contributed by atoms with Crippen molar-refractivity contribution in [1.82, 2.24) is 5.32 Å². The highest BCUT2D eigenvalue weighted by atomic mass is 32.2. The van der Waals surface area contributed by atoms with Crippen LogP contribution in [-0.2, 0) is 29.3 Å². The largest absolute Gasteiger partial charge is 0.478 e. The van der Waals surface area contributed by atoms with Crippen molar-refractivity contribution in [2.75, 3.05) is 30.9 Å². The van der Waals surface area contributed by atoms with Crippen molar-refractivity contribution in [2.24, 2.45) is 5.92 Å². The Bertz CT molecular complexity index is 1000. The molecule has 0 saturated carbocycles. The maximum absolute atomic E-state index is 12.1. The second kappa shape index (κ2) is 13.1. The highest BCUT2D eigenvalue weighted by Crippen LogP contribution is 2.17. The Balaban J connectivity index is 0.000000547. The molecular formula is C21H29NO8S2. The molecule has 0 unspecified atom stereocenters. The first-order chi connectivity index (χ1) is 14.9. The number of benzene rings is 1. The highest BCUT2D eigenvalue weighted by Gasteiger charge is 2.17. The Kier molecular flexibility index (Phi) is 11.3. The minimum Gasteiger partial charge on any atom is -0.478 e. The molecule has 0 aromatic heterocycles. The van der Waals surface area contributed by atoms with Crippen LogP contribution in [0, 0.1) is 5.92 Å². The number of rotatable bonds is 9. The number of nitrogens with one attached hydrogen (secondary N) is 1. The maximum Gasteiger partial charge on any atom is 0.328 e. The van der Waals surface area contributed by atoms with E-state index in [0.29, 0.717) is 18.1 Å². The molecule has 9 nitrogen and oxygen atoms in total. The minimum absolute atomic E-state index is 0.0196. The Morgan fingerprint density at radius 3 is 2.00 bits per heavy atom. The number of carbonyl (C=O) groups is 2. The van der Waals surface area contributed by atoms with Gasteiger partial charge < -0.3 is 15.5 Å². The lowest BCUT2D eigenvalue weighted by atomic mass is 9.96. The number of carboxylic acids is 2. The predicted octanol–water partition coefficient (Wildman–Crippen LogP) is 1.62. The third-order valence-electron chi connectivity index (χ3n) is 4.63. The van der Waals surface area contributed by atoms with E-state index < -0.39 is 31.6 Å². The molecule has 1 fully saturated rings. The molecule has 0 spiro atoms. The summed E-state index contributed by atoms with van der Waals surface area (Å²) >= 11 is 0. The van der Waals surface area contributed by atoms with E-state index in [-0.39, 0.29) is 16.4 Å². The van der Waals surface area contributed by atoms with Gasteiger partial charge in [-0.2, -0.15) is 0 Å². The topological polar surface area (TPSA) is 155 Å². The Hall–Kier alpha value is -2.50. The third-order valence-corrected chi connectivity index (χ3v) is 7.32. The Morgan fingerprint density at radius 2 is 1.53 bits per heavy atom. The predicted molar refractivity (Wildman–Crippen MR) is 122 cm³/mol. The van der Waals surface area contributed by atoms with Gasteiger partial charge in [-0.3, -0.25) is 0 Å². The second-order valence-electron chi connectivity index (χ2n) is 7.35. The van der Waals surface area contributed by atoms with Crippen LogP contribution in [0.5, 0.6) is 0 Å². The van der Waals surface area contributed by atoms with Gasteiger partial charge in [-0.25, -0.2) is 26.4 Å². The second-order valence-corrected chi connectivity index (χ2v) is 11.6. The molecule has 1 aromatic carbocycles. The lowest BCUT2D eigenvalue weighted by Gasteiger charge is -2.22. The average Bonchev–Trinajstić information content (AvgIpc) is 2.72. The lowest BCUT2D eigenvalue weighted by molar-refractivity contribution is -0.134. The lowest BCUT2D eigenvalue weighted by Crippen LogP contribution is -2.28. The summed E-state index contributed by atoms with van der Waals surface area (Å²) in [6.45, 7) is 1.96. The van der Waals surface area contributed by atoms with Gasteiger partial charge in [0.1, 0.15) is 0 Å². The molecule has 0 aliphatic carbocycles. The van der Waals surface area contributed by atoms with Crippen molar-refractivity contribution in [3.8, 4) is 0 Å². The monoisotopic (exact) mass is 487 g/mol. The maximum atomic E-state index is 12.1. The molecule has 2 rings (SSSR count). The highest BCUT2D eigenvalue weighted by molar-refractivity contribution is 7.91. The summed E-state index contributed by atoms with van der Waals surface area (Å²) in [6, 6.07) is 6.41. The molecular weight excluding hydrogens is 458 g/mol. The van der Waals surface area contributed by atoms with E-state index in [9.17, 15) is 26.4 Å². The molecule has 1 aromatic rings. The van der Waals surface area contributed by atoms with E-state index in [0.717, 1.165) is 44.2 Å². The fraction of sp³-hybridized carbons (Fsp3) is 0.429. The van der Waals surface area contributed by atoms with Crippen LogP contribution in [0.4, 0.5) is 0 Å². The summed E-state index contributed by atoms with van der Waals surface area (Å²) < 4.78 is 47.0. The van der Waals surface area contributed by atoms with Gasteiger partial charge in [-0.15, -0.1) is 0 Å². The number of aliphatic carboxylic acids is 2. The number of piperidine rings is 1. The van der Waals surface area contributed by atoms with Gasteiger partial charge in [0.25, 0.3) is 0 Å². The standard InChI is InChI=1S/C17H25NO4S2.C4H4O4/c1-23(19,20)17-6-4-15(5-7-17)3-2-13-24(21,22)14-10-16-8-11-18-12-9-16;5-3(6)1-2-4(7)8/h2-7,16,18H,8-14H2,1H3;1-2H,(H,5,6)(H,7,8)/b;2-1-. The van der Waals surface area contributed by atoms with Crippen molar-refractivity contribution < 1.29 is 36.6 Å².